The Labute approximate surface area is 130 Å². The topological polar surface area (TPSA) is 38.3 Å². The molecule has 1 N–H and O–H groups in total. The van der Waals surface area contributed by atoms with E-state index < -0.39 is 0 Å². The Morgan fingerprint density at radius 2 is 1.65 bits per heavy atom. The number of amides is 1. The zero-order valence-electron chi connectivity index (χ0n) is 12.2. The lowest BCUT2D eigenvalue weighted by Crippen LogP contribution is -2.59. The van der Waals surface area contributed by atoms with Crippen molar-refractivity contribution in [1.29, 1.82) is 0 Å². The van der Waals surface area contributed by atoms with Gasteiger partial charge in [-0.25, -0.2) is 4.79 Å². The van der Waals surface area contributed by atoms with Gasteiger partial charge in [0.15, 0.2) is 0 Å². The lowest BCUT2D eigenvalue weighted by atomic mass is 9.53. The van der Waals surface area contributed by atoms with Crippen LogP contribution in [-0.2, 0) is 4.74 Å². The molecular weight excluding hydrogens is 318 g/mol. The van der Waals surface area contributed by atoms with Crippen LogP contribution in [0.2, 0.25) is 0 Å². The van der Waals surface area contributed by atoms with Crippen LogP contribution in [0, 0.1) is 17.8 Å². The molecule has 0 atom stereocenters. The number of alkyl halides is 1. The molecule has 4 aliphatic carbocycles. The van der Waals surface area contributed by atoms with Crippen molar-refractivity contribution in [2.24, 2.45) is 17.8 Å². The average Bonchev–Trinajstić information content (AvgIpc) is 2.36. The first-order valence-corrected chi connectivity index (χ1v) is 9.32. The van der Waals surface area contributed by atoms with E-state index in [2.05, 4.69) is 21.2 Å². The molecule has 0 unspecified atom stereocenters. The Kier molecular flexibility index (Phi) is 4.58. The van der Waals surface area contributed by atoms with Crippen LogP contribution in [0.4, 0.5) is 4.79 Å². The molecule has 3 nitrogen and oxygen atoms in total. The van der Waals surface area contributed by atoms with E-state index in [1.807, 2.05) is 0 Å². The number of hydrogen-bond donors (Lipinski definition) is 1. The molecule has 0 heterocycles. The number of nitrogens with one attached hydrogen (secondary N) is 1. The second-order valence-electron chi connectivity index (χ2n) is 7.21. The van der Waals surface area contributed by atoms with Crippen molar-refractivity contribution in [3.63, 3.8) is 0 Å². The van der Waals surface area contributed by atoms with Gasteiger partial charge in [-0.2, -0.15) is 0 Å². The minimum absolute atomic E-state index is 0.0850. The molecule has 0 spiro atoms. The Morgan fingerprint density at radius 1 is 1.05 bits per heavy atom. The van der Waals surface area contributed by atoms with Crippen molar-refractivity contribution >= 4 is 22.0 Å². The van der Waals surface area contributed by atoms with E-state index in [1.54, 1.807) is 0 Å². The van der Waals surface area contributed by atoms with Gasteiger partial charge in [0.05, 0.1) is 6.61 Å². The molecule has 0 saturated heterocycles. The highest BCUT2D eigenvalue weighted by atomic mass is 79.9. The minimum atomic E-state index is -0.175. The van der Waals surface area contributed by atoms with Gasteiger partial charge in [-0.1, -0.05) is 15.9 Å². The quantitative estimate of drug-likeness (QED) is 0.578. The maximum atomic E-state index is 12.0. The molecule has 114 valence electrons. The van der Waals surface area contributed by atoms with Crippen LogP contribution in [0.15, 0.2) is 0 Å². The number of alkyl carbamates (subject to hydrolysis) is 1. The molecule has 0 radical (unpaired) electrons. The molecule has 0 aromatic rings. The number of hydrogen-bond acceptors (Lipinski definition) is 2. The van der Waals surface area contributed by atoms with E-state index in [1.165, 1.54) is 38.5 Å². The van der Waals surface area contributed by atoms with Crippen molar-refractivity contribution in [1.82, 2.24) is 5.32 Å². The van der Waals surface area contributed by atoms with Crippen LogP contribution in [0.25, 0.3) is 0 Å². The zero-order valence-corrected chi connectivity index (χ0v) is 13.8. The molecule has 0 aromatic heterocycles. The fraction of sp³-hybridized carbons (Fsp3) is 0.938. The zero-order chi connectivity index (χ0) is 14.0. The summed E-state index contributed by atoms with van der Waals surface area (Å²) >= 11 is 3.41. The van der Waals surface area contributed by atoms with Gasteiger partial charge in [0.25, 0.3) is 0 Å². The fourth-order valence-corrected chi connectivity index (χ4v) is 5.45. The Morgan fingerprint density at radius 3 is 2.20 bits per heavy atom. The fourth-order valence-electron chi connectivity index (χ4n) is 5.05. The van der Waals surface area contributed by atoms with Gasteiger partial charge in [-0.05, 0) is 75.5 Å². The summed E-state index contributed by atoms with van der Waals surface area (Å²) < 4.78 is 5.36. The summed E-state index contributed by atoms with van der Waals surface area (Å²) in [6.07, 6.45) is 10.9. The molecule has 4 fully saturated rings. The van der Waals surface area contributed by atoms with Gasteiger partial charge in [0.2, 0.25) is 0 Å². The van der Waals surface area contributed by atoms with Gasteiger partial charge in [0.1, 0.15) is 0 Å². The molecule has 4 aliphatic rings. The summed E-state index contributed by atoms with van der Waals surface area (Å²) in [5, 5.41) is 4.28. The Balaban J connectivity index is 1.44. The lowest BCUT2D eigenvalue weighted by molar-refractivity contribution is -0.0191. The van der Waals surface area contributed by atoms with Crippen molar-refractivity contribution in [2.45, 2.75) is 63.3 Å². The first-order valence-electron chi connectivity index (χ1n) is 8.20. The van der Waals surface area contributed by atoms with Crippen LogP contribution in [0.1, 0.15) is 57.8 Å². The van der Waals surface area contributed by atoms with Crippen LogP contribution in [0.5, 0.6) is 0 Å². The second-order valence-corrected chi connectivity index (χ2v) is 8.00. The van der Waals surface area contributed by atoms with Crippen LogP contribution in [-0.4, -0.2) is 23.6 Å². The summed E-state index contributed by atoms with van der Waals surface area (Å²) in [7, 11) is 0. The van der Waals surface area contributed by atoms with E-state index in [-0.39, 0.29) is 11.6 Å². The van der Waals surface area contributed by atoms with Crippen molar-refractivity contribution < 1.29 is 9.53 Å². The van der Waals surface area contributed by atoms with E-state index in [0.717, 1.165) is 42.3 Å². The van der Waals surface area contributed by atoms with E-state index in [4.69, 9.17) is 4.74 Å². The number of ether oxygens (including phenoxy) is 1. The monoisotopic (exact) mass is 343 g/mol. The van der Waals surface area contributed by atoms with Crippen molar-refractivity contribution in [2.75, 3.05) is 11.9 Å². The number of rotatable bonds is 6. The average molecular weight is 344 g/mol. The summed E-state index contributed by atoms with van der Waals surface area (Å²) in [6, 6.07) is 0. The number of carbonyl (C=O) groups excluding carboxylic acids is 1. The molecule has 0 aromatic carbocycles. The largest absolute Gasteiger partial charge is 0.450 e. The third-order valence-electron chi connectivity index (χ3n) is 5.42. The standard InChI is InChI=1S/C16H26BrNO2/c17-4-2-1-3-5-20-15(19)18-16-9-12-6-13(10-16)8-14(7-12)11-16/h12-14H,1-11H2,(H,18,19). The lowest BCUT2D eigenvalue weighted by Gasteiger charge is -2.56. The minimum Gasteiger partial charge on any atom is -0.450 e. The molecule has 1 amide bonds. The summed E-state index contributed by atoms with van der Waals surface area (Å²) in [4.78, 5) is 12.0. The maximum Gasteiger partial charge on any atom is 0.407 e. The van der Waals surface area contributed by atoms with Crippen molar-refractivity contribution in [3.8, 4) is 0 Å². The maximum absolute atomic E-state index is 12.0. The van der Waals surface area contributed by atoms with Gasteiger partial charge >= 0.3 is 6.09 Å². The van der Waals surface area contributed by atoms with Gasteiger partial charge < -0.3 is 10.1 Å². The smallest absolute Gasteiger partial charge is 0.407 e. The molecule has 4 heteroatoms. The third kappa shape index (κ3) is 3.32. The predicted molar refractivity (Wildman–Crippen MR) is 83.0 cm³/mol. The first kappa shape index (κ1) is 14.7. The number of halogens is 1. The highest BCUT2D eigenvalue weighted by Gasteiger charge is 2.51. The Hall–Kier alpha value is -0.250. The van der Waals surface area contributed by atoms with Crippen LogP contribution < -0.4 is 5.32 Å². The van der Waals surface area contributed by atoms with Crippen LogP contribution in [0.3, 0.4) is 0 Å². The number of unbranched alkanes of at least 4 members (excludes halogenated alkanes) is 2. The summed E-state index contributed by atoms with van der Waals surface area (Å²) in [5.41, 5.74) is 0.0850. The van der Waals surface area contributed by atoms with E-state index in [9.17, 15) is 4.79 Å². The second kappa shape index (κ2) is 6.25. The normalized spacial score (nSPS) is 38.0. The van der Waals surface area contributed by atoms with Crippen LogP contribution >= 0.6 is 15.9 Å². The molecule has 4 saturated carbocycles. The highest BCUT2D eigenvalue weighted by molar-refractivity contribution is 9.09. The Bertz CT molecular complexity index is 323. The molecule has 20 heavy (non-hydrogen) atoms. The molecule has 0 aliphatic heterocycles. The molecule has 4 bridgehead atoms. The third-order valence-corrected chi connectivity index (χ3v) is 5.98. The highest BCUT2D eigenvalue weighted by Crippen LogP contribution is 2.55. The first-order chi connectivity index (χ1) is 9.69. The molecular formula is C16H26BrNO2. The van der Waals surface area contributed by atoms with Crippen molar-refractivity contribution in [3.05, 3.63) is 0 Å². The number of carbonyl (C=O) groups is 1. The SMILES string of the molecule is O=C(NC12CC3CC(CC(C3)C1)C2)OCCCCCBr. The van der Waals surface area contributed by atoms with E-state index >= 15 is 0 Å². The van der Waals surface area contributed by atoms with Gasteiger partial charge in [-0.15, -0.1) is 0 Å². The summed E-state index contributed by atoms with van der Waals surface area (Å²) in [5.74, 6) is 2.58. The van der Waals surface area contributed by atoms with Gasteiger partial charge in [-0.3, -0.25) is 0 Å². The van der Waals surface area contributed by atoms with E-state index in [0.29, 0.717) is 6.61 Å². The summed E-state index contributed by atoms with van der Waals surface area (Å²) in [6.45, 7) is 0.561. The predicted octanol–water partition coefficient (Wildman–Crippen LogP) is 4.25. The molecule has 4 rings (SSSR count). The van der Waals surface area contributed by atoms with Gasteiger partial charge in [0, 0.05) is 10.9 Å².